The van der Waals surface area contributed by atoms with E-state index in [0.29, 0.717) is 11.1 Å². The predicted octanol–water partition coefficient (Wildman–Crippen LogP) is 2.66. The lowest BCUT2D eigenvalue weighted by Crippen LogP contribution is -2.21. The third-order valence-corrected chi connectivity index (χ3v) is 5.57. The van der Waals surface area contributed by atoms with Crippen LogP contribution in [0.4, 0.5) is 5.69 Å². The molecule has 0 radical (unpaired) electrons. The highest BCUT2D eigenvalue weighted by molar-refractivity contribution is 7.92. The number of benzene rings is 3. The van der Waals surface area contributed by atoms with Gasteiger partial charge in [-0.25, -0.2) is 13.2 Å². The Labute approximate surface area is 166 Å². The largest absolute Gasteiger partial charge is 0.505 e. The Morgan fingerprint density at radius 2 is 1.55 bits per heavy atom. The summed E-state index contributed by atoms with van der Waals surface area (Å²) in [6.45, 7) is 0. The summed E-state index contributed by atoms with van der Waals surface area (Å²) in [5.74, 6) is -3.12. The fourth-order valence-corrected chi connectivity index (χ4v) is 4.17. The maximum Gasteiger partial charge on any atom is 0.339 e. The zero-order chi connectivity index (χ0) is 21.2. The first-order valence-corrected chi connectivity index (χ1v) is 9.77. The number of nitrogens with two attached hydrogens (primary N) is 1. The number of primary amides is 1. The van der Waals surface area contributed by atoms with Gasteiger partial charge >= 0.3 is 5.97 Å². The van der Waals surface area contributed by atoms with Crippen molar-refractivity contribution in [1.29, 1.82) is 0 Å². The van der Waals surface area contributed by atoms with E-state index in [2.05, 4.69) is 4.72 Å². The van der Waals surface area contributed by atoms with Gasteiger partial charge in [0.15, 0.2) is 5.75 Å². The lowest BCUT2D eigenvalue weighted by atomic mass is 9.99. The van der Waals surface area contributed by atoms with Gasteiger partial charge in [0, 0.05) is 0 Å². The zero-order valence-corrected chi connectivity index (χ0v) is 15.7. The first-order chi connectivity index (χ1) is 13.7. The number of carboxylic acids is 1. The Balaban J connectivity index is 2.15. The highest BCUT2D eigenvalue weighted by atomic mass is 32.2. The van der Waals surface area contributed by atoms with Crippen LogP contribution in [-0.4, -0.2) is 30.5 Å². The highest BCUT2D eigenvalue weighted by Gasteiger charge is 2.26. The molecule has 0 heterocycles. The number of sulfonamides is 1. The van der Waals surface area contributed by atoms with Gasteiger partial charge in [-0.3, -0.25) is 9.52 Å². The third kappa shape index (κ3) is 3.90. The number of aromatic carboxylic acids is 1. The number of carbonyl (C=O) groups is 2. The average molecular weight is 412 g/mol. The molecule has 0 saturated carbocycles. The Morgan fingerprint density at radius 3 is 2.17 bits per heavy atom. The van der Waals surface area contributed by atoms with E-state index in [9.17, 15) is 23.1 Å². The molecular formula is C20H16N2O6S. The number of carbonyl (C=O) groups excluding carboxylic acids is 1. The quantitative estimate of drug-likeness (QED) is 0.458. The van der Waals surface area contributed by atoms with E-state index in [4.69, 9.17) is 10.8 Å². The van der Waals surface area contributed by atoms with Crippen LogP contribution in [-0.2, 0) is 10.0 Å². The third-order valence-electron chi connectivity index (χ3n) is 4.16. The smallest absolute Gasteiger partial charge is 0.339 e. The molecule has 1 amide bonds. The van der Waals surface area contributed by atoms with Crippen molar-refractivity contribution in [1.82, 2.24) is 0 Å². The molecule has 0 aliphatic carbocycles. The lowest BCUT2D eigenvalue weighted by molar-refractivity contribution is 0.0693. The van der Waals surface area contributed by atoms with Crippen LogP contribution in [0.5, 0.6) is 5.75 Å². The van der Waals surface area contributed by atoms with E-state index >= 15 is 0 Å². The van der Waals surface area contributed by atoms with Gasteiger partial charge in [-0.05, 0) is 29.3 Å². The second-order valence-corrected chi connectivity index (χ2v) is 7.67. The molecule has 0 aromatic heterocycles. The number of aromatic hydroxyl groups is 1. The summed E-state index contributed by atoms with van der Waals surface area (Å²) in [5, 5.41) is 19.2. The second kappa shape index (κ2) is 7.64. The number of para-hydroxylation sites is 1. The minimum Gasteiger partial charge on any atom is -0.505 e. The molecule has 9 heteroatoms. The van der Waals surface area contributed by atoms with Gasteiger partial charge in [-0.15, -0.1) is 0 Å². The van der Waals surface area contributed by atoms with Gasteiger partial charge in [0.25, 0.3) is 15.9 Å². The maximum atomic E-state index is 13.0. The van der Waals surface area contributed by atoms with Crippen LogP contribution in [0.15, 0.2) is 71.6 Å². The van der Waals surface area contributed by atoms with Gasteiger partial charge in [0.2, 0.25) is 0 Å². The number of amides is 1. The van der Waals surface area contributed by atoms with Crippen molar-refractivity contribution < 1.29 is 28.2 Å². The number of hydrogen-bond acceptors (Lipinski definition) is 5. The summed E-state index contributed by atoms with van der Waals surface area (Å²) in [5.41, 5.74) is 5.36. The predicted molar refractivity (Wildman–Crippen MR) is 106 cm³/mol. The fraction of sp³-hybridized carbons (Fsp3) is 0. The monoisotopic (exact) mass is 412 g/mol. The van der Waals surface area contributed by atoms with Crippen LogP contribution in [0, 0.1) is 0 Å². The average Bonchev–Trinajstić information content (AvgIpc) is 2.69. The normalized spacial score (nSPS) is 11.0. The Kier molecular flexibility index (Phi) is 5.24. The number of nitrogens with one attached hydrogen (secondary N) is 1. The SMILES string of the molecule is NC(=O)c1c(-c2ccccc2)cccc1S(=O)(=O)Nc1cccc(C(=O)O)c1O. The standard InChI is InChI=1S/C20H16N2O6S/c21-19(24)17-13(12-6-2-1-3-7-12)8-5-11-16(17)29(27,28)22-15-10-4-9-14(18(15)23)20(25)26/h1-11,22-23H,(H2,21,24)(H,25,26). The van der Waals surface area contributed by atoms with Crippen LogP contribution in [0.25, 0.3) is 11.1 Å². The summed E-state index contributed by atoms with van der Waals surface area (Å²) < 4.78 is 28.1. The summed E-state index contributed by atoms with van der Waals surface area (Å²) in [6.07, 6.45) is 0. The molecule has 8 nitrogen and oxygen atoms in total. The van der Waals surface area contributed by atoms with Gasteiger partial charge in [-0.1, -0.05) is 48.5 Å². The molecule has 29 heavy (non-hydrogen) atoms. The Hall–Kier alpha value is -3.85. The van der Waals surface area contributed by atoms with Crippen molar-refractivity contribution >= 4 is 27.6 Å². The van der Waals surface area contributed by atoms with E-state index in [1.165, 1.54) is 24.3 Å². The minimum absolute atomic E-state index is 0.222. The molecule has 0 spiro atoms. The van der Waals surface area contributed by atoms with Crippen LogP contribution >= 0.6 is 0 Å². The number of carboxylic acid groups (broad SMARTS) is 1. The highest BCUT2D eigenvalue weighted by Crippen LogP contribution is 2.33. The van der Waals surface area contributed by atoms with Crippen LogP contribution in [0.3, 0.4) is 0 Å². The zero-order valence-electron chi connectivity index (χ0n) is 14.9. The molecule has 5 N–H and O–H groups in total. The first kappa shape index (κ1) is 19.9. The lowest BCUT2D eigenvalue weighted by Gasteiger charge is -2.15. The molecule has 3 aromatic rings. The topological polar surface area (TPSA) is 147 Å². The summed E-state index contributed by atoms with van der Waals surface area (Å²) >= 11 is 0. The van der Waals surface area contributed by atoms with Crippen LogP contribution < -0.4 is 10.5 Å². The molecule has 0 unspecified atom stereocenters. The summed E-state index contributed by atoms with van der Waals surface area (Å²) in [4.78, 5) is 22.9. The number of hydrogen-bond donors (Lipinski definition) is 4. The van der Waals surface area contributed by atoms with Crippen molar-refractivity contribution in [3.63, 3.8) is 0 Å². The van der Waals surface area contributed by atoms with Crippen LogP contribution in [0.1, 0.15) is 20.7 Å². The van der Waals surface area contributed by atoms with Crippen molar-refractivity contribution in [2.24, 2.45) is 5.73 Å². The number of phenols is 1. The molecule has 148 valence electrons. The molecule has 0 aliphatic heterocycles. The number of anilines is 1. The van der Waals surface area contributed by atoms with Gasteiger partial charge in [-0.2, -0.15) is 0 Å². The summed E-state index contributed by atoms with van der Waals surface area (Å²) in [7, 11) is -4.39. The van der Waals surface area contributed by atoms with E-state index in [1.807, 2.05) is 0 Å². The van der Waals surface area contributed by atoms with E-state index in [0.717, 1.165) is 6.07 Å². The number of rotatable bonds is 6. The Morgan fingerprint density at radius 1 is 0.897 bits per heavy atom. The van der Waals surface area contributed by atoms with Gasteiger partial charge < -0.3 is 15.9 Å². The molecule has 0 saturated heterocycles. The van der Waals surface area contributed by atoms with Crippen LogP contribution in [0.2, 0.25) is 0 Å². The van der Waals surface area contributed by atoms with E-state index < -0.39 is 38.1 Å². The first-order valence-electron chi connectivity index (χ1n) is 8.28. The van der Waals surface area contributed by atoms with Crippen molar-refractivity contribution in [2.75, 3.05) is 4.72 Å². The van der Waals surface area contributed by atoms with Crippen molar-refractivity contribution in [3.8, 4) is 16.9 Å². The maximum absolute atomic E-state index is 13.0. The molecule has 3 rings (SSSR count). The van der Waals surface area contributed by atoms with Crippen molar-refractivity contribution in [3.05, 3.63) is 77.9 Å². The fourth-order valence-electron chi connectivity index (χ4n) is 2.87. The van der Waals surface area contributed by atoms with Crippen molar-refractivity contribution in [2.45, 2.75) is 4.90 Å². The minimum atomic E-state index is -4.39. The molecule has 3 aromatic carbocycles. The molecule has 0 bridgehead atoms. The van der Waals surface area contributed by atoms with E-state index in [-0.39, 0.29) is 11.3 Å². The summed E-state index contributed by atoms with van der Waals surface area (Å²) in [6, 6.07) is 16.5. The molecular weight excluding hydrogens is 396 g/mol. The molecule has 0 atom stereocenters. The molecule has 0 aliphatic rings. The Bertz CT molecular complexity index is 1210. The van der Waals surface area contributed by atoms with Gasteiger partial charge in [0.1, 0.15) is 10.5 Å². The molecule has 0 fully saturated rings. The van der Waals surface area contributed by atoms with Gasteiger partial charge in [0.05, 0.1) is 11.3 Å². The van der Waals surface area contributed by atoms with E-state index in [1.54, 1.807) is 36.4 Å². The second-order valence-electron chi connectivity index (χ2n) is 6.02.